The second-order valence-corrected chi connectivity index (χ2v) is 5.30. The van der Waals surface area contributed by atoms with Crippen molar-refractivity contribution in [3.63, 3.8) is 0 Å². The standard InChI is InChI=1S/C19H17N3O3/c1-2-25-18(23)10-5-13-3-7-15(8-4-13)22-19(24)14-6-9-16-17(11-14)21-12-20-16/h3-12H,2H2,1H3,(H,20,21)(H,22,24)/b10-5+. The van der Waals surface area contributed by atoms with Crippen LogP contribution in [0.4, 0.5) is 5.69 Å². The van der Waals surface area contributed by atoms with Crippen LogP contribution >= 0.6 is 0 Å². The highest BCUT2D eigenvalue weighted by Crippen LogP contribution is 2.15. The maximum absolute atomic E-state index is 12.3. The lowest BCUT2D eigenvalue weighted by Crippen LogP contribution is -2.11. The summed E-state index contributed by atoms with van der Waals surface area (Å²) >= 11 is 0. The van der Waals surface area contributed by atoms with Crippen LogP contribution in [0.3, 0.4) is 0 Å². The smallest absolute Gasteiger partial charge is 0.330 e. The maximum atomic E-state index is 12.3. The van der Waals surface area contributed by atoms with E-state index in [0.717, 1.165) is 16.6 Å². The normalized spacial score (nSPS) is 10.9. The van der Waals surface area contributed by atoms with Crippen molar-refractivity contribution < 1.29 is 14.3 Å². The number of rotatable bonds is 5. The number of carbonyl (C=O) groups excluding carboxylic acids is 2. The van der Waals surface area contributed by atoms with Gasteiger partial charge >= 0.3 is 5.97 Å². The van der Waals surface area contributed by atoms with Gasteiger partial charge in [-0.1, -0.05) is 12.1 Å². The Bertz CT molecular complexity index is 926. The first kappa shape index (κ1) is 16.4. The van der Waals surface area contributed by atoms with Crippen molar-refractivity contribution in [3.8, 4) is 0 Å². The molecule has 0 aliphatic rings. The second-order valence-electron chi connectivity index (χ2n) is 5.30. The summed E-state index contributed by atoms with van der Waals surface area (Å²) in [5.41, 5.74) is 3.68. The molecular formula is C19H17N3O3. The van der Waals surface area contributed by atoms with Crippen molar-refractivity contribution in [1.29, 1.82) is 0 Å². The van der Waals surface area contributed by atoms with Gasteiger partial charge in [-0.2, -0.15) is 0 Å². The molecule has 1 heterocycles. The van der Waals surface area contributed by atoms with Crippen LogP contribution in [0.25, 0.3) is 17.1 Å². The minimum Gasteiger partial charge on any atom is -0.463 e. The fourth-order valence-corrected chi connectivity index (χ4v) is 2.31. The van der Waals surface area contributed by atoms with Crippen LogP contribution in [0.5, 0.6) is 0 Å². The predicted molar refractivity (Wildman–Crippen MR) is 96.2 cm³/mol. The number of anilines is 1. The zero-order chi connectivity index (χ0) is 17.6. The number of imidazole rings is 1. The Labute approximate surface area is 144 Å². The third-order valence-corrected chi connectivity index (χ3v) is 3.55. The average Bonchev–Trinajstić information content (AvgIpc) is 3.09. The first-order chi connectivity index (χ1) is 12.2. The van der Waals surface area contributed by atoms with Crippen LogP contribution in [0.1, 0.15) is 22.8 Å². The van der Waals surface area contributed by atoms with E-state index in [4.69, 9.17) is 4.74 Å². The van der Waals surface area contributed by atoms with Gasteiger partial charge in [0.05, 0.1) is 24.0 Å². The lowest BCUT2D eigenvalue weighted by atomic mass is 10.1. The molecule has 3 aromatic rings. The Morgan fingerprint density at radius 1 is 1.20 bits per heavy atom. The lowest BCUT2D eigenvalue weighted by molar-refractivity contribution is -0.137. The number of aromatic nitrogens is 2. The van der Waals surface area contributed by atoms with Crippen LogP contribution in [-0.2, 0) is 9.53 Å². The van der Waals surface area contributed by atoms with Gasteiger partial charge in [0.2, 0.25) is 0 Å². The Kier molecular flexibility index (Phi) is 4.89. The molecule has 0 spiro atoms. The van der Waals surface area contributed by atoms with E-state index >= 15 is 0 Å². The molecular weight excluding hydrogens is 318 g/mol. The third-order valence-electron chi connectivity index (χ3n) is 3.55. The van der Waals surface area contributed by atoms with Crippen molar-refractivity contribution in [2.75, 3.05) is 11.9 Å². The molecule has 0 saturated carbocycles. The molecule has 0 aliphatic heterocycles. The van der Waals surface area contributed by atoms with E-state index in [1.165, 1.54) is 6.08 Å². The van der Waals surface area contributed by atoms with E-state index in [9.17, 15) is 9.59 Å². The van der Waals surface area contributed by atoms with Gasteiger partial charge in [-0.25, -0.2) is 9.78 Å². The number of esters is 1. The molecule has 1 amide bonds. The van der Waals surface area contributed by atoms with Crippen LogP contribution in [0, 0.1) is 0 Å². The monoisotopic (exact) mass is 335 g/mol. The van der Waals surface area contributed by atoms with Crippen molar-refractivity contribution in [3.05, 3.63) is 66.0 Å². The predicted octanol–water partition coefficient (Wildman–Crippen LogP) is 3.39. The zero-order valence-corrected chi connectivity index (χ0v) is 13.7. The molecule has 6 nitrogen and oxygen atoms in total. The number of H-pyrrole nitrogens is 1. The summed E-state index contributed by atoms with van der Waals surface area (Å²) in [5.74, 6) is -0.583. The lowest BCUT2D eigenvalue weighted by Gasteiger charge is -2.06. The van der Waals surface area contributed by atoms with Gasteiger partial charge in [0.1, 0.15) is 0 Å². The summed E-state index contributed by atoms with van der Waals surface area (Å²) in [4.78, 5) is 30.7. The van der Waals surface area contributed by atoms with E-state index in [1.807, 2.05) is 12.1 Å². The number of carbonyl (C=O) groups is 2. The Hall–Kier alpha value is -3.41. The number of hydrogen-bond donors (Lipinski definition) is 2. The van der Waals surface area contributed by atoms with Gasteiger partial charge in [0.15, 0.2) is 0 Å². The molecule has 6 heteroatoms. The summed E-state index contributed by atoms with van der Waals surface area (Å²) in [5, 5.41) is 2.84. The minimum absolute atomic E-state index is 0.202. The van der Waals surface area contributed by atoms with E-state index in [2.05, 4.69) is 15.3 Å². The van der Waals surface area contributed by atoms with Gasteiger partial charge in [-0.3, -0.25) is 4.79 Å². The van der Waals surface area contributed by atoms with Gasteiger partial charge in [-0.05, 0) is 48.9 Å². The first-order valence-corrected chi connectivity index (χ1v) is 7.85. The van der Waals surface area contributed by atoms with Crippen LogP contribution in [0.15, 0.2) is 54.9 Å². The number of aromatic amines is 1. The summed E-state index contributed by atoms with van der Waals surface area (Å²) in [6.45, 7) is 2.10. The minimum atomic E-state index is -0.380. The largest absolute Gasteiger partial charge is 0.463 e. The van der Waals surface area contributed by atoms with E-state index in [0.29, 0.717) is 17.9 Å². The molecule has 2 aromatic carbocycles. The number of benzene rings is 2. The van der Waals surface area contributed by atoms with E-state index in [1.54, 1.807) is 49.7 Å². The molecule has 0 radical (unpaired) electrons. The molecule has 0 aliphatic carbocycles. The molecule has 0 atom stereocenters. The molecule has 1 aromatic heterocycles. The quantitative estimate of drug-likeness (QED) is 0.553. The van der Waals surface area contributed by atoms with Crippen molar-refractivity contribution >= 4 is 34.7 Å². The van der Waals surface area contributed by atoms with Crippen LogP contribution in [0.2, 0.25) is 0 Å². The molecule has 0 saturated heterocycles. The van der Waals surface area contributed by atoms with E-state index in [-0.39, 0.29) is 11.9 Å². The molecule has 0 fully saturated rings. The summed E-state index contributed by atoms with van der Waals surface area (Å²) in [7, 11) is 0. The molecule has 0 unspecified atom stereocenters. The highest BCUT2D eigenvalue weighted by atomic mass is 16.5. The van der Waals surface area contributed by atoms with Crippen LogP contribution < -0.4 is 5.32 Å². The van der Waals surface area contributed by atoms with Gasteiger partial charge < -0.3 is 15.0 Å². The molecule has 25 heavy (non-hydrogen) atoms. The fraction of sp³-hybridized carbons (Fsp3) is 0.105. The molecule has 2 N–H and O–H groups in total. The Morgan fingerprint density at radius 3 is 2.76 bits per heavy atom. The average molecular weight is 335 g/mol. The Balaban J connectivity index is 1.66. The van der Waals surface area contributed by atoms with Gasteiger partial charge in [0.25, 0.3) is 5.91 Å². The number of ether oxygens (including phenoxy) is 1. The highest BCUT2D eigenvalue weighted by molar-refractivity contribution is 6.05. The topological polar surface area (TPSA) is 84.1 Å². The number of nitrogens with one attached hydrogen (secondary N) is 2. The van der Waals surface area contributed by atoms with Gasteiger partial charge in [-0.15, -0.1) is 0 Å². The zero-order valence-electron chi connectivity index (χ0n) is 13.7. The van der Waals surface area contributed by atoms with Crippen molar-refractivity contribution in [2.24, 2.45) is 0 Å². The second kappa shape index (κ2) is 7.44. The number of hydrogen-bond acceptors (Lipinski definition) is 4. The molecule has 0 bridgehead atoms. The summed E-state index contributed by atoms with van der Waals surface area (Å²) in [6, 6.07) is 12.5. The first-order valence-electron chi connectivity index (χ1n) is 7.85. The third kappa shape index (κ3) is 4.11. The number of nitrogens with zero attached hydrogens (tertiary/aromatic N) is 1. The highest BCUT2D eigenvalue weighted by Gasteiger charge is 2.07. The van der Waals surface area contributed by atoms with Crippen molar-refractivity contribution in [1.82, 2.24) is 9.97 Å². The number of amides is 1. The van der Waals surface area contributed by atoms with Gasteiger partial charge in [0, 0.05) is 17.3 Å². The summed E-state index contributed by atoms with van der Waals surface area (Å²) < 4.78 is 4.82. The van der Waals surface area contributed by atoms with Crippen LogP contribution in [-0.4, -0.2) is 28.5 Å². The molecule has 126 valence electrons. The van der Waals surface area contributed by atoms with Crippen molar-refractivity contribution in [2.45, 2.75) is 6.92 Å². The molecule has 3 rings (SSSR count). The van der Waals surface area contributed by atoms with E-state index < -0.39 is 0 Å². The maximum Gasteiger partial charge on any atom is 0.330 e. The number of fused-ring (bicyclic) bond motifs is 1. The fourth-order valence-electron chi connectivity index (χ4n) is 2.31. The Morgan fingerprint density at radius 2 is 2.00 bits per heavy atom. The SMILES string of the molecule is CCOC(=O)/C=C/c1ccc(NC(=O)c2ccc3nc[nH]c3c2)cc1. The summed E-state index contributed by atoms with van der Waals surface area (Å²) in [6.07, 6.45) is 4.63.